The van der Waals surface area contributed by atoms with E-state index in [-0.39, 0.29) is 0 Å². The average Bonchev–Trinajstić information content (AvgIpc) is 2.06. The second-order valence-electron chi connectivity index (χ2n) is 3.11. The van der Waals surface area contributed by atoms with E-state index in [4.69, 9.17) is 0 Å². The Hall–Kier alpha value is -0.430. The van der Waals surface area contributed by atoms with Crippen molar-refractivity contribution < 1.29 is 0 Å². The van der Waals surface area contributed by atoms with Crippen LogP contribution in [0.1, 0.15) is 29.2 Å². The van der Waals surface area contributed by atoms with Crippen LogP contribution in [0, 0.1) is 0 Å². The highest BCUT2D eigenvalue weighted by Gasteiger charge is 2.15. The fourth-order valence-electron chi connectivity index (χ4n) is 1.73. The van der Waals surface area contributed by atoms with Gasteiger partial charge in [0.05, 0.1) is 0 Å². The summed E-state index contributed by atoms with van der Waals surface area (Å²) < 4.78 is 0. The number of aryl methyl sites for hydroxylation is 1. The van der Waals surface area contributed by atoms with Gasteiger partial charge in [0.1, 0.15) is 0 Å². The molecule has 0 N–H and O–H groups in total. The van der Waals surface area contributed by atoms with E-state index in [1.165, 1.54) is 30.4 Å². The lowest BCUT2D eigenvalue weighted by Crippen LogP contribution is -2.04. The molecule has 0 saturated heterocycles. The molecule has 0 aliphatic heterocycles. The third-order valence-electron chi connectivity index (χ3n) is 2.34. The van der Waals surface area contributed by atoms with Crippen molar-refractivity contribution in [3.8, 4) is 0 Å². The highest BCUT2D eigenvalue weighted by molar-refractivity contribution is 7.80. The molecule has 0 nitrogen and oxygen atoms in total. The molecule has 0 bridgehead atoms. The molecule has 0 saturated carbocycles. The fourth-order valence-corrected chi connectivity index (χ4v) is 2.16. The highest BCUT2D eigenvalue weighted by atomic mass is 32.1. The van der Waals surface area contributed by atoms with E-state index in [2.05, 4.69) is 36.9 Å². The van der Waals surface area contributed by atoms with Gasteiger partial charge < -0.3 is 0 Å². The second kappa shape index (κ2) is 2.90. The normalized spacial score (nSPS) is 22.8. The molecular weight excluding hydrogens is 152 g/mol. The van der Waals surface area contributed by atoms with Gasteiger partial charge in [0.25, 0.3) is 0 Å². The number of rotatable bonds is 0. The number of fused-ring (bicyclic) bond motifs is 1. The molecule has 58 valence electrons. The Labute approximate surface area is 73.0 Å². The van der Waals surface area contributed by atoms with Gasteiger partial charge in [-0.25, -0.2) is 0 Å². The topological polar surface area (TPSA) is 0 Å². The first-order valence-electron chi connectivity index (χ1n) is 4.14. The summed E-state index contributed by atoms with van der Waals surface area (Å²) in [4.78, 5) is 0. The van der Waals surface area contributed by atoms with Crippen LogP contribution < -0.4 is 0 Å². The van der Waals surface area contributed by atoms with E-state index in [1.54, 1.807) is 0 Å². The fraction of sp³-hybridized carbons (Fsp3) is 0.400. The molecular formula is C10H12S. The number of benzene rings is 1. The van der Waals surface area contributed by atoms with Gasteiger partial charge in [-0.05, 0) is 30.4 Å². The Balaban J connectivity index is 2.44. The van der Waals surface area contributed by atoms with E-state index in [1.807, 2.05) is 0 Å². The Morgan fingerprint density at radius 1 is 1.27 bits per heavy atom. The highest BCUT2D eigenvalue weighted by Crippen LogP contribution is 2.33. The van der Waals surface area contributed by atoms with Crippen LogP contribution in [0.3, 0.4) is 0 Å². The van der Waals surface area contributed by atoms with Crippen molar-refractivity contribution in [1.82, 2.24) is 0 Å². The maximum Gasteiger partial charge on any atom is 0.0269 e. The first-order valence-corrected chi connectivity index (χ1v) is 4.65. The quantitative estimate of drug-likeness (QED) is 0.560. The van der Waals surface area contributed by atoms with Gasteiger partial charge in [0.15, 0.2) is 0 Å². The predicted octanol–water partition coefficient (Wildman–Crippen LogP) is 2.99. The van der Waals surface area contributed by atoms with Crippen molar-refractivity contribution in [2.75, 3.05) is 0 Å². The smallest absolute Gasteiger partial charge is 0.0269 e. The van der Waals surface area contributed by atoms with E-state index in [9.17, 15) is 0 Å². The molecule has 1 aliphatic carbocycles. The van der Waals surface area contributed by atoms with Crippen LogP contribution in [0.4, 0.5) is 0 Å². The lowest BCUT2D eigenvalue weighted by molar-refractivity contribution is 0.676. The third kappa shape index (κ3) is 1.30. The molecule has 1 aromatic rings. The van der Waals surface area contributed by atoms with Crippen molar-refractivity contribution in [1.29, 1.82) is 0 Å². The molecule has 1 aliphatic rings. The summed E-state index contributed by atoms with van der Waals surface area (Å²) in [7, 11) is 0. The third-order valence-corrected chi connectivity index (χ3v) is 2.87. The Bertz CT molecular complexity index is 255. The zero-order chi connectivity index (χ0) is 7.68. The summed E-state index contributed by atoms with van der Waals surface area (Å²) in [5, 5.41) is 0.486. The minimum Gasteiger partial charge on any atom is -0.171 e. The molecule has 0 fully saturated rings. The largest absolute Gasteiger partial charge is 0.171 e. The van der Waals surface area contributed by atoms with Gasteiger partial charge in [-0.2, -0.15) is 12.6 Å². The maximum absolute atomic E-state index is 4.54. The number of thiol groups is 1. The van der Waals surface area contributed by atoms with Crippen LogP contribution in [0.25, 0.3) is 0 Å². The summed E-state index contributed by atoms with van der Waals surface area (Å²) >= 11 is 4.54. The Morgan fingerprint density at radius 2 is 2.09 bits per heavy atom. The zero-order valence-electron chi connectivity index (χ0n) is 6.46. The molecule has 1 heteroatoms. The van der Waals surface area contributed by atoms with Gasteiger partial charge >= 0.3 is 0 Å². The molecule has 11 heavy (non-hydrogen) atoms. The molecule has 1 aromatic carbocycles. The van der Waals surface area contributed by atoms with Crippen molar-refractivity contribution in [3.63, 3.8) is 0 Å². The van der Waals surface area contributed by atoms with E-state index >= 15 is 0 Å². The van der Waals surface area contributed by atoms with Gasteiger partial charge in [-0.15, -0.1) is 0 Å². The SMILES string of the molecule is SC1CCCc2ccccc21. The number of hydrogen-bond acceptors (Lipinski definition) is 1. The first-order chi connectivity index (χ1) is 5.38. The van der Waals surface area contributed by atoms with E-state index < -0.39 is 0 Å². The van der Waals surface area contributed by atoms with Gasteiger partial charge in [-0.3, -0.25) is 0 Å². The van der Waals surface area contributed by atoms with E-state index in [0.29, 0.717) is 5.25 Å². The van der Waals surface area contributed by atoms with Gasteiger partial charge in [-0.1, -0.05) is 24.3 Å². The second-order valence-corrected chi connectivity index (χ2v) is 3.73. The summed E-state index contributed by atoms with van der Waals surface area (Å²) in [6.07, 6.45) is 3.78. The van der Waals surface area contributed by atoms with Crippen molar-refractivity contribution >= 4 is 12.6 Å². The lowest BCUT2D eigenvalue weighted by atomic mass is 9.91. The van der Waals surface area contributed by atoms with Gasteiger partial charge in [0.2, 0.25) is 0 Å². The summed E-state index contributed by atoms with van der Waals surface area (Å²) in [5.74, 6) is 0. The molecule has 0 heterocycles. The standard InChI is InChI=1S/C10H12S/c11-10-7-3-5-8-4-1-2-6-9(8)10/h1-2,4,6,10-11H,3,5,7H2. The average molecular weight is 164 g/mol. The van der Waals surface area contributed by atoms with Gasteiger partial charge in [0, 0.05) is 5.25 Å². The van der Waals surface area contributed by atoms with Crippen molar-refractivity contribution in [2.24, 2.45) is 0 Å². The van der Waals surface area contributed by atoms with Crippen LogP contribution in [-0.4, -0.2) is 0 Å². The molecule has 1 atom stereocenters. The summed E-state index contributed by atoms with van der Waals surface area (Å²) in [6, 6.07) is 8.64. The Morgan fingerprint density at radius 3 is 2.91 bits per heavy atom. The lowest BCUT2D eigenvalue weighted by Gasteiger charge is -2.20. The summed E-state index contributed by atoms with van der Waals surface area (Å²) in [5.41, 5.74) is 2.95. The molecule has 0 amide bonds. The van der Waals surface area contributed by atoms with E-state index in [0.717, 1.165) is 0 Å². The molecule has 2 rings (SSSR count). The first kappa shape index (κ1) is 7.23. The molecule has 0 radical (unpaired) electrons. The predicted molar refractivity (Wildman–Crippen MR) is 51.1 cm³/mol. The number of hydrogen-bond donors (Lipinski definition) is 1. The van der Waals surface area contributed by atoms with Crippen LogP contribution in [-0.2, 0) is 6.42 Å². The minimum atomic E-state index is 0.486. The van der Waals surface area contributed by atoms with Crippen LogP contribution in [0.2, 0.25) is 0 Å². The summed E-state index contributed by atoms with van der Waals surface area (Å²) in [6.45, 7) is 0. The molecule has 1 unspecified atom stereocenters. The zero-order valence-corrected chi connectivity index (χ0v) is 7.35. The van der Waals surface area contributed by atoms with Crippen molar-refractivity contribution in [2.45, 2.75) is 24.5 Å². The van der Waals surface area contributed by atoms with Crippen LogP contribution in [0.15, 0.2) is 24.3 Å². The van der Waals surface area contributed by atoms with Crippen molar-refractivity contribution in [3.05, 3.63) is 35.4 Å². The van der Waals surface area contributed by atoms with Crippen LogP contribution in [0.5, 0.6) is 0 Å². The maximum atomic E-state index is 4.54. The molecule has 0 aromatic heterocycles. The Kier molecular flexibility index (Phi) is 1.91. The minimum absolute atomic E-state index is 0.486. The monoisotopic (exact) mass is 164 g/mol. The molecule has 0 spiro atoms. The van der Waals surface area contributed by atoms with Crippen LogP contribution >= 0.6 is 12.6 Å².